The molecule has 1 saturated carbocycles. The third-order valence-electron chi connectivity index (χ3n) is 6.31. The summed E-state index contributed by atoms with van der Waals surface area (Å²) in [6.45, 7) is 2.69. The van der Waals surface area contributed by atoms with Crippen molar-refractivity contribution in [3.63, 3.8) is 0 Å². The Hall–Kier alpha value is -3.21. The van der Waals surface area contributed by atoms with E-state index in [1.54, 1.807) is 0 Å². The van der Waals surface area contributed by atoms with E-state index in [1.165, 1.54) is 0 Å². The predicted octanol–water partition coefficient (Wildman–Crippen LogP) is 4.55. The number of aromatic nitrogens is 2. The highest BCUT2D eigenvalue weighted by atomic mass is 16.2. The molecule has 2 fully saturated rings. The molecular formula is C26H28N4O. The fourth-order valence-corrected chi connectivity index (χ4v) is 4.24. The molecular weight excluding hydrogens is 384 g/mol. The minimum absolute atomic E-state index is 0.247. The van der Waals surface area contributed by atoms with E-state index in [4.69, 9.17) is 9.97 Å². The fraction of sp³-hybridized carbons (Fsp3) is 0.346. The Morgan fingerprint density at radius 1 is 0.871 bits per heavy atom. The lowest BCUT2D eigenvalue weighted by molar-refractivity contribution is -0.122. The first-order valence-corrected chi connectivity index (χ1v) is 11.3. The molecule has 2 aromatic carbocycles. The summed E-state index contributed by atoms with van der Waals surface area (Å²) in [6, 6.07) is 20.5. The van der Waals surface area contributed by atoms with Crippen LogP contribution in [0.5, 0.6) is 0 Å². The number of benzene rings is 2. The summed E-state index contributed by atoms with van der Waals surface area (Å²) in [6.07, 6.45) is 6.16. The molecule has 5 nitrogen and oxygen atoms in total. The second kappa shape index (κ2) is 8.88. The molecule has 2 aliphatic rings. The van der Waals surface area contributed by atoms with Gasteiger partial charge in [0.05, 0.1) is 17.6 Å². The van der Waals surface area contributed by atoms with Crippen molar-refractivity contribution in [2.75, 3.05) is 24.5 Å². The van der Waals surface area contributed by atoms with Gasteiger partial charge in [0.1, 0.15) is 5.82 Å². The lowest BCUT2D eigenvalue weighted by atomic mass is 9.96. The van der Waals surface area contributed by atoms with Crippen molar-refractivity contribution in [2.45, 2.75) is 25.7 Å². The van der Waals surface area contributed by atoms with Crippen LogP contribution >= 0.6 is 0 Å². The first-order valence-electron chi connectivity index (χ1n) is 11.3. The van der Waals surface area contributed by atoms with E-state index < -0.39 is 0 Å². The summed E-state index contributed by atoms with van der Waals surface area (Å²) in [5.74, 6) is 2.01. The van der Waals surface area contributed by atoms with Gasteiger partial charge in [-0.25, -0.2) is 4.98 Å². The SMILES string of the molecule is O=C(NCC1CCN(c2cnc(-c3ccccc3)c(-c3ccccc3)n2)CC1)C1CC1. The van der Waals surface area contributed by atoms with E-state index in [9.17, 15) is 4.79 Å². The Morgan fingerprint density at radius 2 is 1.48 bits per heavy atom. The van der Waals surface area contributed by atoms with Gasteiger partial charge in [-0.05, 0) is 31.6 Å². The van der Waals surface area contributed by atoms with Crippen LogP contribution in [-0.4, -0.2) is 35.5 Å². The lowest BCUT2D eigenvalue weighted by Gasteiger charge is -2.33. The van der Waals surface area contributed by atoms with Crippen LogP contribution in [-0.2, 0) is 4.79 Å². The Labute approximate surface area is 183 Å². The van der Waals surface area contributed by atoms with Crippen molar-refractivity contribution in [2.24, 2.45) is 11.8 Å². The molecule has 3 aromatic rings. The van der Waals surface area contributed by atoms with E-state index in [-0.39, 0.29) is 11.8 Å². The molecule has 0 bridgehead atoms. The van der Waals surface area contributed by atoms with Crippen molar-refractivity contribution in [1.29, 1.82) is 0 Å². The Bertz CT molecular complexity index is 1030. The van der Waals surface area contributed by atoms with Gasteiger partial charge in [0.25, 0.3) is 0 Å². The zero-order valence-corrected chi connectivity index (χ0v) is 17.7. The molecule has 1 saturated heterocycles. The van der Waals surface area contributed by atoms with Crippen LogP contribution in [0.2, 0.25) is 0 Å². The third-order valence-corrected chi connectivity index (χ3v) is 6.31. The van der Waals surface area contributed by atoms with Crippen LogP contribution in [0.1, 0.15) is 25.7 Å². The summed E-state index contributed by atoms with van der Waals surface area (Å²) in [4.78, 5) is 24.2. The molecule has 1 aromatic heterocycles. The highest BCUT2D eigenvalue weighted by Crippen LogP contribution is 2.32. The Kier molecular flexibility index (Phi) is 5.65. The Morgan fingerprint density at radius 3 is 2.10 bits per heavy atom. The van der Waals surface area contributed by atoms with Crippen LogP contribution in [0.25, 0.3) is 22.5 Å². The molecule has 1 N–H and O–H groups in total. The van der Waals surface area contributed by atoms with Gasteiger partial charge in [-0.1, -0.05) is 60.7 Å². The highest BCUT2D eigenvalue weighted by Gasteiger charge is 2.30. The van der Waals surface area contributed by atoms with Gasteiger partial charge in [-0.15, -0.1) is 0 Å². The first kappa shape index (κ1) is 19.7. The molecule has 158 valence electrons. The fourth-order valence-electron chi connectivity index (χ4n) is 4.24. The Balaban J connectivity index is 1.32. The molecule has 1 aliphatic heterocycles. The van der Waals surface area contributed by atoms with Gasteiger partial charge in [0, 0.05) is 36.7 Å². The van der Waals surface area contributed by atoms with Gasteiger partial charge in [0.2, 0.25) is 5.91 Å². The molecule has 5 heteroatoms. The van der Waals surface area contributed by atoms with Crippen LogP contribution in [0, 0.1) is 11.8 Å². The number of amides is 1. The van der Waals surface area contributed by atoms with Crippen molar-refractivity contribution >= 4 is 11.7 Å². The number of hydrogen-bond acceptors (Lipinski definition) is 4. The molecule has 0 radical (unpaired) electrons. The van der Waals surface area contributed by atoms with Crippen LogP contribution < -0.4 is 10.2 Å². The number of carbonyl (C=O) groups excluding carboxylic acids is 1. The first-order chi connectivity index (χ1) is 15.3. The minimum atomic E-state index is 0.247. The average molecular weight is 413 g/mol. The minimum Gasteiger partial charge on any atom is -0.356 e. The second-order valence-corrected chi connectivity index (χ2v) is 8.61. The van der Waals surface area contributed by atoms with Gasteiger partial charge in [0.15, 0.2) is 0 Å². The summed E-state index contributed by atoms with van der Waals surface area (Å²) >= 11 is 0. The van der Waals surface area contributed by atoms with E-state index in [2.05, 4.69) is 34.5 Å². The number of nitrogens with zero attached hydrogens (tertiary/aromatic N) is 3. The van der Waals surface area contributed by atoms with Crippen LogP contribution in [0.3, 0.4) is 0 Å². The number of nitrogens with one attached hydrogen (secondary N) is 1. The molecule has 2 heterocycles. The largest absolute Gasteiger partial charge is 0.356 e. The summed E-state index contributed by atoms with van der Waals surface area (Å²) < 4.78 is 0. The van der Waals surface area contributed by atoms with E-state index >= 15 is 0 Å². The maximum absolute atomic E-state index is 11.9. The zero-order valence-electron chi connectivity index (χ0n) is 17.7. The molecule has 1 aliphatic carbocycles. The van der Waals surface area contributed by atoms with Crippen LogP contribution in [0.4, 0.5) is 5.82 Å². The van der Waals surface area contributed by atoms with Crippen molar-refractivity contribution in [1.82, 2.24) is 15.3 Å². The molecule has 5 rings (SSSR count). The maximum Gasteiger partial charge on any atom is 0.223 e. The molecule has 0 atom stereocenters. The van der Waals surface area contributed by atoms with E-state index in [1.807, 2.05) is 42.6 Å². The summed E-state index contributed by atoms with van der Waals surface area (Å²) in [5.41, 5.74) is 3.98. The molecule has 1 amide bonds. The van der Waals surface area contributed by atoms with E-state index in [0.717, 1.165) is 73.7 Å². The lowest BCUT2D eigenvalue weighted by Crippen LogP contribution is -2.39. The van der Waals surface area contributed by atoms with Crippen LogP contribution in [0.15, 0.2) is 66.9 Å². The highest BCUT2D eigenvalue weighted by molar-refractivity contribution is 5.81. The standard InChI is InChI=1S/C26H28N4O/c31-26(22-11-12-22)28-17-19-13-15-30(16-14-19)23-18-27-24(20-7-3-1-4-8-20)25(29-23)21-9-5-2-6-10-21/h1-10,18-19,22H,11-17H2,(H,28,31). The van der Waals surface area contributed by atoms with Gasteiger partial charge in [-0.2, -0.15) is 0 Å². The number of anilines is 1. The predicted molar refractivity (Wildman–Crippen MR) is 124 cm³/mol. The van der Waals surface area contributed by atoms with Gasteiger partial charge < -0.3 is 10.2 Å². The topological polar surface area (TPSA) is 58.1 Å². The van der Waals surface area contributed by atoms with Crippen molar-refractivity contribution in [3.8, 4) is 22.5 Å². The number of carbonyl (C=O) groups is 1. The zero-order chi connectivity index (χ0) is 21.0. The number of hydrogen-bond donors (Lipinski definition) is 1. The van der Waals surface area contributed by atoms with Crippen molar-refractivity contribution < 1.29 is 4.79 Å². The third kappa shape index (κ3) is 4.61. The van der Waals surface area contributed by atoms with Gasteiger partial charge >= 0.3 is 0 Å². The average Bonchev–Trinajstić information content (AvgIpc) is 3.69. The monoisotopic (exact) mass is 412 g/mol. The normalized spacial score (nSPS) is 16.8. The van der Waals surface area contributed by atoms with Crippen molar-refractivity contribution in [3.05, 3.63) is 66.9 Å². The smallest absolute Gasteiger partial charge is 0.223 e. The van der Waals surface area contributed by atoms with E-state index in [0.29, 0.717) is 5.92 Å². The second-order valence-electron chi connectivity index (χ2n) is 8.61. The molecule has 31 heavy (non-hydrogen) atoms. The molecule has 0 unspecified atom stereocenters. The quantitative estimate of drug-likeness (QED) is 0.645. The number of rotatable bonds is 6. The molecule has 0 spiro atoms. The summed E-state index contributed by atoms with van der Waals surface area (Å²) in [7, 11) is 0. The summed E-state index contributed by atoms with van der Waals surface area (Å²) in [5, 5.41) is 3.14. The van der Waals surface area contributed by atoms with Gasteiger partial charge in [-0.3, -0.25) is 9.78 Å². The maximum atomic E-state index is 11.9. The number of piperidine rings is 1.